The molecule has 1 atom stereocenters. The van der Waals surface area contributed by atoms with Crippen LogP contribution in [0.2, 0.25) is 0 Å². The Kier molecular flexibility index (Phi) is 2.09. The minimum absolute atomic E-state index is 0.357. The molecule has 0 saturated carbocycles. The zero-order valence-corrected chi connectivity index (χ0v) is 6.75. The topological polar surface area (TPSA) is 78.5 Å². The first-order valence-electron chi connectivity index (χ1n) is 3.37. The summed E-state index contributed by atoms with van der Waals surface area (Å²) in [6.45, 7) is 1.28. The van der Waals surface area contributed by atoms with Crippen molar-refractivity contribution in [3.8, 4) is 0 Å². The monoisotopic (exact) mass is 171 g/mol. The highest BCUT2D eigenvalue weighted by atomic mass is 16.2. The molecule has 0 aromatic carbocycles. The minimum Gasteiger partial charge on any atom is -0.333 e. The van der Waals surface area contributed by atoms with Crippen LogP contribution in [0.3, 0.4) is 0 Å². The Morgan fingerprint density at radius 3 is 2.50 bits per heavy atom. The number of hydrazine groups is 1. The van der Waals surface area contributed by atoms with Crippen LogP contribution in [0.15, 0.2) is 0 Å². The fourth-order valence-electron chi connectivity index (χ4n) is 0.901. The van der Waals surface area contributed by atoms with Crippen LogP contribution in [0, 0.1) is 0 Å². The van der Waals surface area contributed by atoms with E-state index in [9.17, 15) is 14.4 Å². The van der Waals surface area contributed by atoms with Gasteiger partial charge in [0.05, 0.1) is 0 Å². The summed E-state index contributed by atoms with van der Waals surface area (Å²) in [4.78, 5) is 32.4. The predicted octanol–water partition coefficient (Wildman–Crippen LogP) is -2.01. The second kappa shape index (κ2) is 2.90. The van der Waals surface area contributed by atoms with Crippen molar-refractivity contribution in [1.82, 2.24) is 15.8 Å². The van der Waals surface area contributed by atoms with Gasteiger partial charge in [-0.2, -0.15) is 0 Å². The van der Waals surface area contributed by atoms with E-state index in [-0.39, 0.29) is 5.91 Å². The third kappa shape index (κ3) is 1.42. The number of nitrogens with zero attached hydrogens (tertiary/aromatic N) is 1. The van der Waals surface area contributed by atoms with Gasteiger partial charge in [-0.05, 0) is 0 Å². The molecule has 1 heterocycles. The van der Waals surface area contributed by atoms with E-state index in [1.165, 1.54) is 14.0 Å². The van der Waals surface area contributed by atoms with Crippen LogP contribution in [0.1, 0.15) is 6.92 Å². The third-order valence-electron chi connectivity index (χ3n) is 1.45. The maximum absolute atomic E-state index is 11.0. The van der Waals surface area contributed by atoms with Crippen molar-refractivity contribution in [2.75, 3.05) is 7.05 Å². The largest absolute Gasteiger partial charge is 0.333 e. The summed E-state index contributed by atoms with van der Waals surface area (Å²) in [5.74, 6) is -1.65. The lowest BCUT2D eigenvalue weighted by atomic mass is 10.3. The molecule has 0 aliphatic carbocycles. The molecule has 12 heavy (non-hydrogen) atoms. The second-order valence-corrected chi connectivity index (χ2v) is 2.49. The Labute approximate surface area is 68.9 Å². The molecule has 1 rings (SSSR count). The molecule has 6 heteroatoms. The lowest BCUT2D eigenvalue weighted by Crippen LogP contribution is -2.46. The third-order valence-corrected chi connectivity index (χ3v) is 1.45. The molecule has 0 radical (unpaired) electrons. The van der Waals surface area contributed by atoms with Gasteiger partial charge in [0.25, 0.3) is 5.78 Å². The lowest BCUT2D eigenvalue weighted by Gasteiger charge is -2.10. The van der Waals surface area contributed by atoms with Gasteiger partial charge in [0.2, 0.25) is 5.91 Å². The number of likely N-dealkylation sites (N-methyl/N-ethyl adjacent to an activating group) is 1. The molecule has 0 spiro atoms. The number of carbonyl (C=O) groups is 3. The standard InChI is InChI=1S/C6H9N3O3/c1-3(10)7-5-4(11)6(12)9(2)8-5/h5,8H,1-2H3,(H,7,10). The van der Waals surface area contributed by atoms with Crippen LogP contribution in [0.25, 0.3) is 0 Å². The van der Waals surface area contributed by atoms with Gasteiger partial charge in [-0.3, -0.25) is 19.4 Å². The first kappa shape index (κ1) is 8.66. The normalized spacial score (nSPS) is 23.2. The van der Waals surface area contributed by atoms with Crippen LogP contribution >= 0.6 is 0 Å². The summed E-state index contributed by atoms with van der Waals surface area (Å²) in [6.07, 6.45) is -0.903. The van der Waals surface area contributed by atoms with Crippen LogP contribution in [0.4, 0.5) is 0 Å². The molecule has 6 nitrogen and oxygen atoms in total. The van der Waals surface area contributed by atoms with E-state index in [0.717, 1.165) is 5.01 Å². The minimum atomic E-state index is -0.903. The van der Waals surface area contributed by atoms with Crippen molar-refractivity contribution in [1.29, 1.82) is 0 Å². The molecular weight excluding hydrogens is 162 g/mol. The summed E-state index contributed by atoms with van der Waals surface area (Å²) in [5, 5.41) is 3.33. The Bertz CT molecular complexity index is 250. The summed E-state index contributed by atoms with van der Waals surface area (Å²) in [6, 6.07) is 0. The molecule has 1 unspecified atom stereocenters. The molecule has 0 bridgehead atoms. The second-order valence-electron chi connectivity index (χ2n) is 2.49. The fourth-order valence-corrected chi connectivity index (χ4v) is 0.901. The van der Waals surface area contributed by atoms with E-state index in [4.69, 9.17) is 0 Å². The molecule has 1 aliphatic rings. The summed E-state index contributed by atoms with van der Waals surface area (Å²) < 4.78 is 0. The van der Waals surface area contributed by atoms with Crippen LogP contribution < -0.4 is 10.7 Å². The molecule has 2 amide bonds. The van der Waals surface area contributed by atoms with Gasteiger partial charge in [0, 0.05) is 14.0 Å². The summed E-state index contributed by atoms with van der Waals surface area (Å²) in [5.41, 5.74) is 2.49. The molecule has 0 aromatic heterocycles. The van der Waals surface area contributed by atoms with Crippen molar-refractivity contribution in [3.05, 3.63) is 0 Å². The summed E-state index contributed by atoms with van der Waals surface area (Å²) in [7, 11) is 1.42. The van der Waals surface area contributed by atoms with Crippen molar-refractivity contribution >= 4 is 17.6 Å². The quantitative estimate of drug-likeness (QED) is 0.447. The number of hydrogen-bond donors (Lipinski definition) is 2. The maximum atomic E-state index is 11.0. The molecule has 1 saturated heterocycles. The van der Waals surface area contributed by atoms with Crippen molar-refractivity contribution in [3.63, 3.8) is 0 Å². The molecule has 0 aromatic rings. The van der Waals surface area contributed by atoms with Crippen LogP contribution in [-0.2, 0) is 14.4 Å². The smallest absolute Gasteiger partial charge is 0.307 e. The molecular formula is C6H9N3O3. The SMILES string of the molecule is CC(=O)NC1NN(C)C(=O)C1=O. The highest BCUT2D eigenvalue weighted by molar-refractivity contribution is 6.39. The average molecular weight is 171 g/mol. The number of hydrogen-bond acceptors (Lipinski definition) is 4. The van der Waals surface area contributed by atoms with E-state index in [1.54, 1.807) is 0 Å². The number of amides is 2. The predicted molar refractivity (Wildman–Crippen MR) is 38.5 cm³/mol. The van der Waals surface area contributed by atoms with E-state index in [2.05, 4.69) is 10.7 Å². The van der Waals surface area contributed by atoms with Gasteiger partial charge < -0.3 is 5.32 Å². The van der Waals surface area contributed by atoms with E-state index in [0.29, 0.717) is 0 Å². The molecule has 1 aliphatic heterocycles. The summed E-state index contributed by atoms with van der Waals surface area (Å²) >= 11 is 0. The van der Waals surface area contributed by atoms with Crippen molar-refractivity contribution in [2.24, 2.45) is 0 Å². The van der Waals surface area contributed by atoms with Gasteiger partial charge in [-0.1, -0.05) is 0 Å². The first-order valence-corrected chi connectivity index (χ1v) is 3.37. The van der Waals surface area contributed by atoms with Gasteiger partial charge >= 0.3 is 5.91 Å². The molecule has 66 valence electrons. The highest BCUT2D eigenvalue weighted by Crippen LogP contribution is 1.97. The maximum Gasteiger partial charge on any atom is 0.307 e. The lowest BCUT2D eigenvalue weighted by molar-refractivity contribution is -0.140. The van der Waals surface area contributed by atoms with Gasteiger partial charge in [-0.15, -0.1) is 0 Å². The van der Waals surface area contributed by atoms with Crippen molar-refractivity contribution < 1.29 is 14.4 Å². The van der Waals surface area contributed by atoms with E-state index < -0.39 is 17.9 Å². The molecule has 1 fully saturated rings. The number of carbonyl (C=O) groups excluding carboxylic acids is 3. The number of ketones is 1. The Morgan fingerprint density at radius 1 is 1.58 bits per heavy atom. The zero-order valence-electron chi connectivity index (χ0n) is 6.75. The van der Waals surface area contributed by atoms with Gasteiger partial charge in [0.15, 0.2) is 6.17 Å². The number of Topliss-reactive ketones (excluding diaryl/α,β-unsaturated/α-hetero) is 1. The number of rotatable bonds is 1. The number of nitrogens with one attached hydrogen (secondary N) is 2. The Balaban J connectivity index is 2.65. The Hall–Kier alpha value is -1.43. The van der Waals surface area contributed by atoms with Gasteiger partial charge in [0.1, 0.15) is 0 Å². The van der Waals surface area contributed by atoms with Crippen molar-refractivity contribution in [2.45, 2.75) is 13.1 Å². The fraction of sp³-hybridized carbons (Fsp3) is 0.500. The van der Waals surface area contributed by atoms with Crippen LogP contribution in [0.5, 0.6) is 0 Å². The van der Waals surface area contributed by atoms with E-state index >= 15 is 0 Å². The average Bonchev–Trinajstić information content (AvgIpc) is 2.17. The van der Waals surface area contributed by atoms with Gasteiger partial charge in [-0.25, -0.2) is 5.43 Å². The Morgan fingerprint density at radius 2 is 2.17 bits per heavy atom. The zero-order chi connectivity index (χ0) is 9.30. The highest BCUT2D eigenvalue weighted by Gasteiger charge is 2.36. The first-order chi connectivity index (χ1) is 5.52. The molecule has 2 N–H and O–H groups in total. The van der Waals surface area contributed by atoms with E-state index in [1.807, 2.05) is 0 Å². The van der Waals surface area contributed by atoms with Crippen LogP contribution in [-0.4, -0.2) is 35.8 Å².